The van der Waals surface area contributed by atoms with E-state index in [4.69, 9.17) is 0 Å². The molecule has 1 aliphatic heterocycles. The van der Waals surface area contributed by atoms with Crippen molar-refractivity contribution in [2.75, 3.05) is 26.2 Å². The fourth-order valence-corrected chi connectivity index (χ4v) is 3.48. The summed E-state index contributed by atoms with van der Waals surface area (Å²) in [4.78, 5) is 2.69. The number of piperidine rings is 1. The van der Waals surface area contributed by atoms with Gasteiger partial charge >= 0.3 is 0 Å². The van der Waals surface area contributed by atoms with E-state index in [-0.39, 0.29) is 0 Å². The van der Waals surface area contributed by atoms with Crippen molar-refractivity contribution in [3.05, 3.63) is 0 Å². The minimum atomic E-state index is 0.459. The predicted molar refractivity (Wildman–Crippen MR) is 85.5 cm³/mol. The van der Waals surface area contributed by atoms with Crippen LogP contribution in [-0.4, -0.2) is 37.1 Å². The van der Waals surface area contributed by atoms with E-state index in [9.17, 15) is 0 Å². The summed E-state index contributed by atoms with van der Waals surface area (Å²) in [5.74, 6) is 1.64. The maximum absolute atomic E-state index is 3.75. The lowest BCUT2D eigenvalue weighted by Gasteiger charge is -2.41. The van der Waals surface area contributed by atoms with E-state index in [1.54, 1.807) is 0 Å². The van der Waals surface area contributed by atoms with Crippen LogP contribution < -0.4 is 5.32 Å². The maximum atomic E-state index is 3.75. The summed E-state index contributed by atoms with van der Waals surface area (Å²) >= 11 is 0. The van der Waals surface area contributed by atoms with Crippen LogP contribution in [0.3, 0.4) is 0 Å². The molecule has 114 valence electrons. The van der Waals surface area contributed by atoms with E-state index in [1.807, 2.05) is 0 Å². The smallest absolute Gasteiger partial charge is 0.0198 e. The lowest BCUT2D eigenvalue weighted by Crippen LogP contribution is -2.50. The molecule has 0 radical (unpaired) electrons. The second-order valence-corrected chi connectivity index (χ2v) is 8.13. The minimum Gasteiger partial charge on any atom is -0.313 e. The second kappa shape index (κ2) is 7.64. The Morgan fingerprint density at radius 1 is 1.21 bits per heavy atom. The van der Waals surface area contributed by atoms with Crippen LogP contribution >= 0.6 is 0 Å². The molecular weight excluding hydrogens is 232 g/mol. The van der Waals surface area contributed by atoms with Gasteiger partial charge in [0.25, 0.3) is 0 Å². The number of likely N-dealkylation sites (tertiary alicyclic amines) is 1. The van der Waals surface area contributed by atoms with Gasteiger partial charge in [0, 0.05) is 25.7 Å². The molecule has 0 amide bonds. The number of nitrogens with zero attached hydrogens (tertiary/aromatic N) is 1. The molecule has 0 spiro atoms. The standard InChI is InChI=1S/C17H36N2/c1-7-8-18-16-9-15(10-17(4,5)6)12-19(13-16)11-14(2)3/h14-16,18H,7-13H2,1-6H3. The Morgan fingerprint density at radius 2 is 1.89 bits per heavy atom. The van der Waals surface area contributed by atoms with E-state index in [2.05, 4.69) is 51.8 Å². The van der Waals surface area contributed by atoms with Crippen LogP contribution in [0.25, 0.3) is 0 Å². The van der Waals surface area contributed by atoms with Crippen molar-refractivity contribution in [1.29, 1.82) is 0 Å². The molecule has 0 aromatic heterocycles. The van der Waals surface area contributed by atoms with Crippen molar-refractivity contribution in [1.82, 2.24) is 10.2 Å². The number of hydrogen-bond donors (Lipinski definition) is 1. The van der Waals surface area contributed by atoms with Crippen LogP contribution in [0.4, 0.5) is 0 Å². The summed E-state index contributed by atoms with van der Waals surface area (Å²) in [6.07, 6.45) is 3.96. The highest BCUT2D eigenvalue weighted by molar-refractivity contribution is 4.85. The van der Waals surface area contributed by atoms with Gasteiger partial charge in [0.2, 0.25) is 0 Å². The average molecular weight is 268 g/mol. The lowest BCUT2D eigenvalue weighted by molar-refractivity contribution is 0.104. The van der Waals surface area contributed by atoms with Crippen molar-refractivity contribution < 1.29 is 0 Å². The van der Waals surface area contributed by atoms with E-state index in [0.29, 0.717) is 11.5 Å². The maximum Gasteiger partial charge on any atom is 0.0198 e. The molecule has 0 aliphatic carbocycles. The van der Waals surface area contributed by atoms with Gasteiger partial charge < -0.3 is 10.2 Å². The Hall–Kier alpha value is -0.0800. The highest BCUT2D eigenvalue weighted by Crippen LogP contribution is 2.30. The van der Waals surface area contributed by atoms with E-state index < -0.39 is 0 Å². The second-order valence-electron chi connectivity index (χ2n) is 8.13. The Balaban J connectivity index is 2.55. The van der Waals surface area contributed by atoms with E-state index >= 15 is 0 Å². The van der Waals surface area contributed by atoms with Gasteiger partial charge in [-0.2, -0.15) is 0 Å². The van der Waals surface area contributed by atoms with Gasteiger partial charge in [-0.3, -0.25) is 0 Å². The summed E-state index contributed by atoms with van der Waals surface area (Å²) < 4.78 is 0. The van der Waals surface area contributed by atoms with Crippen LogP contribution in [0.2, 0.25) is 0 Å². The topological polar surface area (TPSA) is 15.3 Å². The van der Waals surface area contributed by atoms with E-state index in [0.717, 1.165) is 11.8 Å². The lowest BCUT2D eigenvalue weighted by atomic mass is 9.80. The fourth-order valence-electron chi connectivity index (χ4n) is 3.48. The molecule has 1 N–H and O–H groups in total. The normalized spacial score (nSPS) is 26.1. The molecular formula is C17H36N2. The van der Waals surface area contributed by atoms with Gasteiger partial charge in [-0.25, -0.2) is 0 Å². The minimum absolute atomic E-state index is 0.459. The van der Waals surface area contributed by atoms with Crippen molar-refractivity contribution in [2.45, 2.75) is 66.8 Å². The third-order valence-electron chi connectivity index (χ3n) is 3.82. The third kappa shape index (κ3) is 7.31. The molecule has 1 fully saturated rings. The van der Waals surface area contributed by atoms with Crippen molar-refractivity contribution in [3.63, 3.8) is 0 Å². The van der Waals surface area contributed by atoms with Crippen LogP contribution in [0.5, 0.6) is 0 Å². The van der Waals surface area contributed by atoms with Crippen molar-refractivity contribution in [2.24, 2.45) is 17.3 Å². The monoisotopic (exact) mass is 268 g/mol. The molecule has 0 aromatic carbocycles. The molecule has 0 bridgehead atoms. The first kappa shape index (κ1) is 17.0. The number of rotatable bonds is 6. The van der Waals surface area contributed by atoms with Crippen LogP contribution in [0.15, 0.2) is 0 Å². The number of hydrogen-bond acceptors (Lipinski definition) is 2. The highest BCUT2D eigenvalue weighted by Gasteiger charge is 2.29. The van der Waals surface area contributed by atoms with Crippen molar-refractivity contribution in [3.8, 4) is 0 Å². The third-order valence-corrected chi connectivity index (χ3v) is 3.82. The van der Waals surface area contributed by atoms with Gasteiger partial charge in [-0.05, 0) is 43.1 Å². The average Bonchev–Trinajstić information content (AvgIpc) is 2.22. The van der Waals surface area contributed by atoms with Gasteiger partial charge in [0.1, 0.15) is 0 Å². The zero-order valence-corrected chi connectivity index (χ0v) is 14.1. The fraction of sp³-hybridized carbons (Fsp3) is 1.00. The molecule has 1 heterocycles. The first-order valence-electron chi connectivity index (χ1n) is 8.26. The summed E-state index contributed by atoms with van der Waals surface area (Å²) in [6, 6.07) is 0.708. The van der Waals surface area contributed by atoms with Gasteiger partial charge in [0.15, 0.2) is 0 Å². The molecule has 2 heteroatoms. The first-order chi connectivity index (χ1) is 8.80. The predicted octanol–water partition coefficient (Wildman–Crippen LogP) is 3.77. The molecule has 0 aromatic rings. The summed E-state index contributed by atoms with van der Waals surface area (Å²) in [7, 11) is 0. The molecule has 2 atom stereocenters. The molecule has 1 aliphatic rings. The summed E-state index contributed by atoms with van der Waals surface area (Å²) in [5, 5.41) is 3.75. The summed E-state index contributed by atoms with van der Waals surface area (Å²) in [5.41, 5.74) is 0.459. The quantitative estimate of drug-likeness (QED) is 0.789. The van der Waals surface area contributed by atoms with Crippen molar-refractivity contribution >= 4 is 0 Å². The Kier molecular flexibility index (Phi) is 6.82. The van der Waals surface area contributed by atoms with Crippen LogP contribution in [0, 0.1) is 17.3 Å². The van der Waals surface area contributed by atoms with Gasteiger partial charge in [-0.1, -0.05) is 41.5 Å². The molecule has 1 saturated heterocycles. The number of nitrogens with one attached hydrogen (secondary N) is 1. The summed E-state index contributed by atoms with van der Waals surface area (Å²) in [6.45, 7) is 19.0. The molecule has 2 nitrogen and oxygen atoms in total. The Labute approximate surface area is 121 Å². The SMILES string of the molecule is CCCNC1CC(CC(C)(C)C)CN(CC(C)C)C1. The Morgan fingerprint density at radius 3 is 2.42 bits per heavy atom. The molecule has 19 heavy (non-hydrogen) atoms. The van der Waals surface area contributed by atoms with Gasteiger partial charge in [0.05, 0.1) is 0 Å². The van der Waals surface area contributed by atoms with Gasteiger partial charge in [-0.15, -0.1) is 0 Å². The molecule has 0 saturated carbocycles. The van der Waals surface area contributed by atoms with Crippen LogP contribution in [-0.2, 0) is 0 Å². The highest BCUT2D eigenvalue weighted by atomic mass is 15.2. The molecule has 2 unspecified atom stereocenters. The zero-order chi connectivity index (χ0) is 14.5. The largest absolute Gasteiger partial charge is 0.313 e. The zero-order valence-electron chi connectivity index (χ0n) is 14.1. The molecule has 1 rings (SSSR count). The first-order valence-corrected chi connectivity index (χ1v) is 8.26. The van der Waals surface area contributed by atoms with E-state index in [1.165, 1.54) is 45.4 Å². The Bertz CT molecular complexity index is 242. The van der Waals surface area contributed by atoms with Crippen LogP contribution in [0.1, 0.15) is 60.8 Å².